The third-order valence-corrected chi connectivity index (χ3v) is 7.13. The van der Waals surface area contributed by atoms with Crippen molar-refractivity contribution in [3.05, 3.63) is 83.4 Å². The van der Waals surface area contributed by atoms with Crippen LogP contribution >= 0.6 is 11.6 Å². The number of para-hydroxylation sites is 3. The molecule has 3 aromatic rings. The quantitative estimate of drug-likeness (QED) is 0.429. The minimum Gasteiger partial charge on any atom is -0.496 e. The van der Waals surface area contributed by atoms with Crippen LogP contribution in [0.1, 0.15) is 25.5 Å². The van der Waals surface area contributed by atoms with Crippen molar-refractivity contribution in [2.75, 3.05) is 24.6 Å². The molecule has 0 spiro atoms. The molecule has 0 saturated heterocycles. The monoisotopic (exact) mass is 502 g/mol. The maximum Gasteiger partial charge on any atom is 0.264 e. The second kappa shape index (κ2) is 11.3. The van der Waals surface area contributed by atoms with Gasteiger partial charge in [0.25, 0.3) is 10.0 Å². The predicted octanol–water partition coefficient (Wildman–Crippen LogP) is 4.82. The number of anilines is 1. The second-order valence-corrected chi connectivity index (χ2v) is 9.70. The van der Waals surface area contributed by atoms with Gasteiger partial charge in [0.1, 0.15) is 18.0 Å². The first-order valence-corrected chi connectivity index (χ1v) is 12.5. The normalized spacial score (nSPS) is 12.0. The molecule has 0 radical (unpaired) electrons. The summed E-state index contributed by atoms with van der Waals surface area (Å²) < 4.78 is 39.3. The van der Waals surface area contributed by atoms with E-state index in [-0.39, 0.29) is 10.6 Å². The number of benzene rings is 3. The molecule has 0 bridgehead atoms. The maximum absolute atomic E-state index is 13.6. The standard InChI is InChI=1S/C25H27ClN2O5S/c1-4-33-24-12-8-6-10-22(24)28(34(30,31)20-15-13-19(26)14-16-20)17-25(29)27-18(2)21-9-5-7-11-23(21)32-3/h5-16,18H,4,17H2,1-3H3,(H,27,29)/t18-/m1/s1. The van der Waals surface area contributed by atoms with Gasteiger partial charge in [-0.25, -0.2) is 8.42 Å². The molecule has 180 valence electrons. The topological polar surface area (TPSA) is 84.9 Å². The van der Waals surface area contributed by atoms with E-state index in [0.717, 1.165) is 9.87 Å². The Bertz CT molecular complexity index is 1230. The van der Waals surface area contributed by atoms with E-state index in [2.05, 4.69) is 5.32 Å². The highest BCUT2D eigenvalue weighted by molar-refractivity contribution is 7.92. The fourth-order valence-electron chi connectivity index (χ4n) is 3.49. The minimum atomic E-state index is -4.11. The zero-order chi connectivity index (χ0) is 24.7. The number of ether oxygens (including phenoxy) is 2. The number of sulfonamides is 1. The summed E-state index contributed by atoms with van der Waals surface area (Å²) in [4.78, 5) is 13.1. The molecule has 0 aliphatic heterocycles. The molecule has 0 aliphatic rings. The summed E-state index contributed by atoms with van der Waals surface area (Å²) in [5, 5.41) is 3.27. The molecule has 0 saturated carbocycles. The van der Waals surface area contributed by atoms with Gasteiger partial charge in [0, 0.05) is 10.6 Å². The Morgan fingerprint density at radius 1 is 1.00 bits per heavy atom. The van der Waals surface area contributed by atoms with Crippen LogP contribution in [0.15, 0.2) is 77.7 Å². The van der Waals surface area contributed by atoms with E-state index in [1.807, 2.05) is 25.1 Å². The Hall–Kier alpha value is -3.23. The summed E-state index contributed by atoms with van der Waals surface area (Å²) in [6.45, 7) is 3.50. The molecule has 3 rings (SSSR count). The minimum absolute atomic E-state index is 0.00813. The van der Waals surface area contributed by atoms with E-state index in [9.17, 15) is 13.2 Å². The maximum atomic E-state index is 13.6. The van der Waals surface area contributed by atoms with Crippen molar-refractivity contribution in [2.24, 2.45) is 0 Å². The lowest BCUT2D eigenvalue weighted by atomic mass is 10.1. The van der Waals surface area contributed by atoms with Gasteiger partial charge in [-0.15, -0.1) is 0 Å². The first kappa shape index (κ1) is 25.4. The van der Waals surface area contributed by atoms with Gasteiger partial charge in [-0.2, -0.15) is 0 Å². The lowest BCUT2D eigenvalue weighted by molar-refractivity contribution is -0.120. The number of nitrogens with zero attached hydrogens (tertiary/aromatic N) is 1. The average Bonchev–Trinajstić information content (AvgIpc) is 2.83. The third kappa shape index (κ3) is 5.81. The van der Waals surface area contributed by atoms with Crippen LogP contribution in [0.5, 0.6) is 11.5 Å². The zero-order valence-corrected chi connectivity index (χ0v) is 20.8. The number of rotatable bonds is 10. The van der Waals surface area contributed by atoms with Crippen molar-refractivity contribution in [3.63, 3.8) is 0 Å². The molecule has 7 nitrogen and oxygen atoms in total. The molecule has 3 aromatic carbocycles. The first-order valence-electron chi connectivity index (χ1n) is 10.7. The highest BCUT2D eigenvalue weighted by Crippen LogP contribution is 2.33. The summed E-state index contributed by atoms with van der Waals surface area (Å²) in [6.07, 6.45) is 0. The van der Waals surface area contributed by atoms with E-state index < -0.39 is 28.5 Å². The summed E-state index contributed by atoms with van der Waals surface area (Å²) in [5.41, 5.74) is 1.04. The van der Waals surface area contributed by atoms with Crippen LogP contribution in [0.4, 0.5) is 5.69 Å². The molecule has 9 heteroatoms. The lowest BCUT2D eigenvalue weighted by Gasteiger charge is -2.27. The number of methoxy groups -OCH3 is 1. The smallest absolute Gasteiger partial charge is 0.264 e. The van der Waals surface area contributed by atoms with Gasteiger partial charge in [0.05, 0.1) is 30.3 Å². The van der Waals surface area contributed by atoms with E-state index in [1.54, 1.807) is 44.4 Å². The van der Waals surface area contributed by atoms with Gasteiger partial charge >= 0.3 is 0 Å². The van der Waals surface area contributed by atoms with Crippen molar-refractivity contribution >= 4 is 33.2 Å². The van der Waals surface area contributed by atoms with Gasteiger partial charge in [-0.1, -0.05) is 41.9 Å². The van der Waals surface area contributed by atoms with Crippen LogP contribution in [0, 0.1) is 0 Å². The summed E-state index contributed by atoms with van der Waals surface area (Å²) >= 11 is 5.95. The molecular formula is C25H27ClN2O5S. The van der Waals surface area contributed by atoms with E-state index in [4.69, 9.17) is 21.1 Å². The van der Waals surface area contributed by atoms with Crippen LogP contribution < -0.4 is 19.1 Å². The van der Waals surface area contributed by atoms with Crippen LogP contribution in [0.25, 0.3) is 0 Å². The Morgan fingerprint density at radius 2 is 1.62 bits per heavy atom. The number of hydrogen-bond acceptors (Lipinski definition) is 5. The molecule has 0 fully saturated rings. The van der Waals surface area contributed by atoms with Gasteiger partial charge in [0.15, 0.2) is 0 Å². The van der Waals surface area contributed by atoms with Gasteiger partial charge in [-0.3, -0.25) is 9.10 Å². The molecular weight excluding hydrogens is 476 g/mol. The van der Waals surface area contributed by atoms with Crippen LogP contribution in [-0.2, 0) is 14.8 Å². The molecule has 1 N–H and O–H groups in total. The Balaban J connectivity index is 1.96. The molecule has 0 unspecified atom stereocenters. The number of carbonyl (C=O) groups is 1. The lowest BCUT2D eigenvalue weighted by Crippen LogP contribution is -2.41. The summed E-state index contributed by atoms with van der Waals surface area (Å²) in [6, 6.07) is 19.4. The molecule has 0 heterocycles. The van der Waals surface area contributed by atoms with Crippen molar-refractivity contribution < 1.29 is 22.7 Å². The SMILES string of the molecule is CCOc1ccccc1N(CC(=O)N[C@H](C)c1ccccc1OC)S(=O)(=O)c1ccc(Cl)cc1. The van der Waals surface area contributed by atoms with Crippen LogP contribution in [-0.4, -0.2) is 34.6 Å². The van der Waals surface area contributed by atoms with Crippen molar-refractivity contribution in [2.45, 2.75) is 24.8 Å². The Kier molecular flexibility index (Phi) is 8.41. The molecule has 34 heavy (non-hydrogen) atoms. The van der Waals surface area contributed by atoms with E-state index in [0.29, 0.717) is 23.1 Å². The number of hydrogen-bond donors (Lipinski definition) is 1. The average molecular weight is 503 g/mol. The van der Waals surface area contributed by atoms with Gasteiger partial charge in [-0.05, 0) is 56.3 Å². The highest BCUT2D eigenvalue weighted by atomic mass is 35.5. The molecule has 0 aromatic heterocycles. The van der Waals surface area contributed by atoms with Crippen LogP contribution in [0.3, 0.4) is 0 Å². The fraction of sp³-hybridized carbons (Fsp3) is 0.240. The van der Waals surface area contributed by atoms with Crippen molar-refractivity contribution in [1.29, 1.82) is 0 Å². The van der Waals surface area contributed by atoms with Crippen molar-refractivity contribution in [1.82, 2.24) is 5.32 Å². The zero-order valence-electron chi connectivity index (χ0n) is 19.2. The highest BCUT2D eigenvalue weighted by Gasteiger charge is 2.30. The number of halogens is 1. The molecule has 1 amide bonds. The van der Waals surface area contributed by atoms with Crippen molar-refractivity contribution in [3.8, 4) is 11.5 Å². The van der Waals surface area contributed by atoms with E-state index in [1.165, 1.54) is 24.3 Å². The Labute approximate surface area is 205 Å². The van der Waals surface area contributed by atoms with Gasteiger partial charge in [0.2, 0.25) is 5.91 Å². The number of nitrogens with one attached hydrogen (secondary N) is 1. The summed E-state index contributed by atoms with van der Waals surface area (Å²) in [7, 11) is -2.56. The first-order chi connectivity index (χ1) is 16.3. The molecule has 1 atom stereocenters. The predicted molar refractivity (Wildman–Crippen MR) is 133 cm³/mol. The largest absolute Gasteiger partial charge is 0.496 e. The second-order valence-electron chi connectivity index (χ2n) is 7.40. The van der Waals surface area contributed by atoms with Crippen LogP contribution in [0.2, 0.25) is 5.02 Å². The third-order valence-electron chi connectivity index (χ3n) is 5.11. The fourth-order valence-corrected chi connectivity index (χ4v) is 5.05. The van der Waals surface area contributed by atoms with Gasteiger partial charge < -0.3 is 14.8 Å². The molecule has 0 aliphatic carbocycles. The Morgan fingerprint density at radius 3 is 2.26 bits per heavy atom. The number of carbonyl (C=O) groups excluding carboxylic acids is 1. The summed E-state index contributed by atoms with van der Waals surface area (Å²) in [5.74, 6) is 0.498. The number of amides is 1. The van der Waals surface area contributed by atoms with E-state index >= 15 is 0 Å².